The largest absolute Gasteiger partial charge is 0.461 e. The minimum Gasteiger partial charge on any atom is -0.461 e. The minimum atomic E-state index is 0.696. The average molecular weight is 189 g/mol. The van der Waals surface area contributed by atoms with Crippen LogP contribution >= 0.6 is 0 Å². The summed E-state index contributed by atoms with van der Waals surface area (Å²) in [5.74, 6) is 1.00. The van der Waals surface area contributed by atoms with E-state index in [0.717, 1.165) is 17.8 Å². The number of aryl methyl sites for hydroxylation is 2. The summed E-state index contributed by atoms with van der Waals surface area (Å²) in [5, 5.41) is 1.22. The molecule has 2 N–H and O–H groups in total. The highest BCUT2D eigenvalue weighted by molar-refractivity contribution is 5.82. The first-order valence-corrected chi connectivity index (χ1v) is 4.91. The van der Waals surface area contributed by atoms with Gasteiger partial charge in [0, 0.05) is 5.39 Å². The zero-order valence-electron chi connectivity index (χ0n) is 8.63. The molecule has 2 heteroatoms. The smallest absolute Gasteiger partial charge is 0.134 e. The second-order valence-electron chi connectivity index (χ2n) is 3.65. The molecule has 14 heavy (non-hydrogen) atoms. The SMILES string of the molecule is Cc1oc2ccc(CCN)cc2c1C. The van der Waals surface area contributed by atoms with Crippen molar-refractivity contribution in [2.75, 3.05) is 6.54 Å². The van der Waals surface area contributed by atoms with Crippen molar-refractivity contribution < 1.29 is 4.42 Å². The fraction of sp³-hybridized carbons (Fsp3) is 0.333. The quantitative estimate of drug-likeness (QED) is 0.788. The van der Waals surface area contributed by atoms with E-state index in [0.29, 0.717) is 6.54 Å². The van der Waals surface area contributed by atoms with Gasteiger partial charge in [-0.25, -0.2) is 0 Å². The molecule has 0 unspecified atom stereocenters. The third-order valence-corrected chi connectivity index (χ3v) is 2.67. The van der Waals surface area contributed by atoms with E-state index in [2.05, 4.69) is 19.1 Å². The minimum absolute atomic E-state index is 0.696. The van der Waals surface area contributed by atoms with Gasteiger partial charge in [-0.1, -0.05) is 6.07 Å². The molecule has 1 heterocycles. The third kappa shape index (κ3) is 1.42. The van der Waals surface area contributed by atoms with Crippen molar-refractivity contribution in [1.29, 1.82) is 0 Å². The van der Waals surface area contributed by atoms with Gasteiger partial charge in [-0.3, -0.25) is 0 Å². The number of hydrogen-bond donors (Lipinski definition) is 1. The van der Waals surface area contributed by atoms with Crippen LogP contribution in [0.25, 0.3) is 11.0 Å². The van der Waals surface area contributed by atoms with Crippen molar-refractivity contribution in [1.82, 2.24) is 0 Å². The van der Waals surface area contributed by atoms with E-state index >= 15 is 0 Å². The maximum absolute atomic E-state index is 5.60. The van der Waals surface area contributed by atoms with E-state index in [1.54, 1.807) is 0 Å². The number of nitrogens with two attached hydrogens (primary N) is 1. The van der Waals surface area contributed by atoms with Crippen molar-refractivity contribution in [2.45, 2.75) is 20.3 Å². The molecule has 0 amide bonds. The molecule has 1 aromatic carbocycles. The molecule has 0 saturated heterocycles. The van der Waals surface area contributed by atoms with Gasteiger partial charge in [0.2, 0.25) is 0 Å². The van der Waals surface area contributed by atoms with Crippen molar-refractivity contribution in [3.05, 3.63) is 35.1 Å². The zero-order valence-corrected chi connectivity index (χ0v) is 8.63. The molecule has 74 valence electrons. The molecule has 0 atom stereocenters. The lowest BCUT2D eigenvalue weighted by Gasteiger charge is -1.97. The summed E-state index contributed by atoms with van der Waals surface area (Å²) in [7, 11) is 0. The second-order valence-corrected chi connectivity index (χ2v) is 3.65. The Bertz CT molecular complexity index is 457. The van der Waals surface area contributed by atoms with Gasteiger partial charge < -0.3 is 10.2 Å². The molecule has 0 aliphatic carbocycles. The summed E-state index contributed by atoms with van der Waals surface area (Å²) in [4.78, 5) is 0. The van der Waals surface area contributed by atoms with E-state index in [-0.39, 0.29) is 0 Å². The average Bonchev–Trinajstić information content (AvgIpc) is 2.45. The Hall–Kier alpha value is -1.28. The molecule has 1 aromatic heterocycles. The predicted octanol–water partition coefficient (Wildman–Crippen LogP) is 2.55. The Morgan fingerprint density at radius 1 is 1.29 bits per heavy atom. The second kappa shape index (κ2) is 3.46. The van der Waals surface area contributed by atoms with Crippen LogP contribution in [-0.2, 0) is 6.42 Å². The van der Waals surface area contributed by atoms with Crippen LogP contribution in [0.5, 0.6) is 0 Å². The number of hydrogen-bond acceptors (Lipinski definition) is 2. The molecule has 2 aromatic rings. The van der Waals surface area contributed by atoms with Gasteiger partial charge >= 0.3 is 0 Å². The first-order valence-electron chi connectivity index (χ1n) is 4.91. The van der Waals surface area contributed by atoms with Gasteiger partial charge in [0.25, 0.3) is 0 Å². The van der Waals surface area contributed by atoms with Crippen molar-refractivity contribution in [3.8, 4) is 0 Å². The summed E-state index contributed by atoms with van der Waals surface area (Å²) >= 11 is 0. The molecular weight excluding hydrogens is 174 g/mol. The van der Waals surface area contributed by atoms with Crippen LogP contribution < -0.4 is 5.73 Å². The van der Waals surface area contributed by atoms with Gasteiger partial charge in [0.1, 0.15) is 11.3 Å². The van der Waals surface area contributed by atoms with E-state index < -0.39 is 0 Å². The summed E-state index contributed by atoms with van der Waals surface area (Å²) in [6, 6.07) is 6.28. The monoisotopic (exact) mass is 189 g/mol. The first kappa shape index (κ1) is 9.28. The van der Waals surface area contributed by atoms with Gasteiger partial charge in [-0.05, 0) is 50.1 Å². The van der Waals surface area contributed by atoms with E-state index in [1.807, 2.05) is 13.0 Å². The fourth-order valence-corrected chi connectivity index (χ4v) is 1.71. The molecule has 0 aliphatic heterocycles. The number of furan rings is 1. The number of fused-ring (bicyclic) bond motifs is 1. The first-order chi connectivity index (χ1) is 6.72. The Kier molecular flexibility index (Phi) is 2.30. The standard InChI is InChI=1S/C12H15NO/c1-8-9(2)14-12-4-3-10(5-6-13)7-11(8)12/h3-4,7H,5-6,13H2,1-2H3. The maximum Gasteiger partial charge on any atom is 0.134 e. The third-order valence-electron chi connectivity index (χ3n) is 2.67. The molecule has 0 aliphatic rings. The van der Waals surface area contributed by atoms with E-state index in [4.69, 9.17) is 10.2 Å². The van der Waals surface area contributed by atoms with Gasteiger partial charge in [-0.15, -0.1) is 0 Å². The van der Waals surface area contributed by atoms with Gasteiger partial charge in [-0.2, -0.15) is 0 Å². The lowest BCUT2D eigenvalue weighted by atomic mass is 10.1. The molecule has 0 saturated carbocycles. The van der Waals surface area contributed by atoms with E-state index in [1.165, 1.54) is 16.5 Å². The summed E-state index contributed by atoms with van der Waals surface area (Å²) in [6.07, 6.45) is 0.930. The predicted molar refractivity (Wildman–Crippen MR) is 58.4 cm³/mol. The zero-order chi connectivity index (χ0) is 10.1. The summed E-state index contributed by atoms with van der Waals surface area (Å²) in [6.45, 7) is 4.78. The molecule has 0 bridgehead atoms. The maximum atomic E-state index is 5.60. The topological polar surface area (TPSA) is 39.2 Å². The molecule has 0 fully saturated rings. The molecule has 0 spiro atoms. The van der Waals surface area contributed by atoms with Crippen LogP contribution in [0.3, 0.4) is 0 Å². The normalized spacial score (nSPS) is 11.1. The molecule has 2 nitrogen and oxygen atoms in total. The van der Waals surface area contributed by atoms with E-state index in [9.17, 15) is 0 Å². The Balaban J connectivity index is 2.58. The van der Waals surface area contributed by atoms with Crippen molar-refractivity contribution in [2.24, 2.45) is 5.73 Å². The van der Waals surface area contributed by atoms with Gasteiger partial charge in [0.15, 0.2) is 0 Å². The van der Waals surface area contributed by atoms with Crippen LogP contribution in [-0.4, -0.2) is 6.54 Å². The highest BCUT2D eigenvalue weighted by Crippen LogP contribution is 2.25. The summed E-state index contributed by atoms with van der Waals surface area (Å²) < 4.78 is 5.60. The van der Waals surface area contributed by atoms with Crippen LogP contribution in [0.15, 0.2) is 22.6 Å². The van der Waals surface area contributed by atoms with Gasteiger partial charge in [0.05, 0.1) is 0 Å². The molecule has 2 rings (SSSR count). The van der Waals surface area contributed by atoms with Crippen LogP contribution in [0, 0.1) is 13.8 Å². The van der Waals surface area contributed by atoms with Crippen LogP contribution in [0.4, 0.5) is 0 Å². The highest BCUT2D eigenvalue weighted by atomic mass is 16.3. The van der Waals surface area contributed by atoms with Crippen molar-refractivity contribution in [3.63, 3.8) is 0 Å². The van der Waals surface area contributed by atoms with Crippen LogP contribution in [0.2, 0.25) is 0 Å². The Morgan fingerprint density at radius 2 is 2.07 bits per heavy atom. The number of benzene rings is 1. The lowest BCUT2D eigenvalue weighted by Crippen LogP contribution is -2.02. The number of rotatable bonds is 2. The Labute approximate surface area is 83.7 Å². The van der Waals surface area contributed by atoms with Crippen molar-refractivity contribution >= 4 is 11.0 Å². The molecular formula is C12H15NO. The molecule has 0 radical (unpaired) electrons. The Morgan fingerprint density at radius 3 is 2.79 bits per heavy atom. The fourth-order valence-electron chi connectivity index (χ4n) is 1.71. The highest BCUT2D eigenvalue weighted by Gasteiger charge is 2.06. The lowest BCUT2D eigenvalue weighted by molar-refractivity contribution is 0.575. The van der Waals surface area contributed by atoms with Crippen LogP contribution in [0.1, 0.15) is 16.9 Å². The summed E-state index contributed by atoms with van der Waals surface area (Å²) in [5.41, 5.74) is 9.01.